The number of benzene rings is 2. The molecule has 0 aliphatic heterocycles. The average Bonchev–Trinajstić information content (AvgIpc) is 2.84. The molecule has 0 spiro atoms. The van der Waals surface area contributed by atoms with Gasteiger partial charge in [-0.1, -0.05) is 48.0 Å². The standard InChI is InChI=1S/C28H33ClN4O4/c1-19-12-13-33(32-16-20-8-6-5-7-9-20)26(35)24(19)15-25(34)30-18-22-14-23(29)11-10-21(22)17-31-27(36)37-28(2,3)4/h5-14,32H,15-18H2,1-4H3,(H,30,34)(H,31,36). The van der Waals surface area contributed by atoms with Crippen molar-refractivity contribution in [1.82, 2.24) is 15.3 Å². The predicted octanol–water partition coefficient (Wildman–Crippen LogP) is 4.44. The van der Waals surface area contributed by atoms with Crippen molar-refractivity contribution in [3.63, 3.8) is 0 Å². The van der Waals surface area contributed by atoms with Crippen LogP contribution in [0.3, 0.4) is 0 Å². The number of nitrogens with zero attached hydrogens (tertiary/aromatic N) is 1. The quantitative estimate of drug-likeness (QED) is 0.384. The molecule has 3 rings (SSSR count). The first kappa shape index (κ1) is 27.8. The van der Waals surface area contributed by atoms with Crippen LogP contribution < -0.4 is 21.6 Å². The Morgan fingerprint density at radius 3 is 2.35 bits per heavy atom. The summed E-state index contributed by atoms with van der Waals surface area (Å²) in [5.41, 5.74) is 5.95. The summed E-state index contributed by atoms with van der Waals surface area (Å²) >= 11 is 6.17. The average molecular weight is 525 g/mol. The highest BCUT2D eigenvalue weighted by Crippen LogP contribution is 2.17. The van der Waals surface area contributed by atoms with Crippen molar-refractivity contribution in [2.45, 2.75) is 59.4 Å². The van der Waals surface area contributed by atoms with E-state index in [1.165, 1.54) is 4.68 Å². The largest absolute Gasteiger partial charge is 0.444 e. The molecule has 196 valence electrons. The summed E-state index contributed by atoms with van der Waals surface area (Å²) in [4.78, 5) is 37.8. The van der Waals surface area contributed by atoms with Crippen LogP contribution in [-0.4, -0.2) is 22.3 Å². The smallest absolute Gasteiger partial charge is 0.407 e. The van der Waals surface area contributed by atoms with E-state index in [1.54, 1.807) is 51.2 Å². The minimum Gasteiger partial charge on any atom is -0.444 e. The lowest BCUT2D eigenvalue weighted by Gasteiger charge is -2.20. The van der Waals surface area contributed by atoms with Gasteiger partial charge in [0.15, 0.2) is 0 Å². The molecule has 0 saturated carbocycles. The third-order valence-corrected chi connectivity index (χ3v) is 5.76. The number of pyridine rings is 1. The summed E-state index contributed by atoms with van der Waals surface area (Å²) in [7, 11) is 0. The molecular formula is C28H33ClN4O4. The minimum absolute atomic E-state index is 0.0649. The molecule has 0 bridgehead atoms. The zero-order chi connectivity index (χ0) is 27.0. The number of rotatable bonds is 9. The molecule has 2 aromatic carbocycles. The zero-order valence-electron chi connectivity index (χ0n) is 21.6. The van der Waals surface area contributed by atoms with E-state index in [0.29, 0.717) is 17.1 Å². The number of carbonyl (C=O) groups is 2. The molecule has 0 radical (unpaired) electrons. The van der Waals surface area contributed by atoms with Crippen LogP contribution in [0.25, 0.3) is 0 Å². The molecule has 1 heterocycles. The van der Waals surface area contributed by atoms with Crippen LogP contribution in [0, 0.1) is 6.92 Å². The first-order chi connectivity index (χ1) is 17.5. The van der Waals surface area contributed by atoms with E-state index in [0.717, 1.165) is 22.3 Å². The Kier molecular flexibility index (Phi) is 9.36. The van der Waals surface area contributed by atoms with Gasteiger partial charge in [0.05, 0.1) is 13.0 Å². The SMILES string of the molecule is Cc1ccn(NCc2ccccc2)c(=O)c1CC(=O)NCc1cc(Cl)ccc1CNC(=O)OC(C)(C)C. The van der Waals surface area contributed by atoms with Gasteiger partial charge in [0.2, 0.25) is 5.91 Å². The van der Waals surface area contributed by atoms with E-state index in [9.17, 15) is 14.4 Å². The molecule has 0 atom stereocenters. The van der Waals surface area contributed by atoms with E-state index in [4.69, 9.17) is 16.3 Å². The lowest BCUT2D eigenvalue weighted by atomic mass is 10.1. The maximum Gasteiger partial charge on any atom is 0.407 e. The number of halogens is 1. The van der Waals surface area contributed by atoms with Crippen molar-refractivity contribution < 1.29 is 14.3 Å². The molecular weight excluding hydrogens is 492 g/mol. The second kappa shape index (κ2) is 12.5. The molecule has 0 saturated heterocycles. The highest BCUT2D eigenvalue weighted by Gasteiger charge is 2.17. The van der Waals surface area contributed by atoms with Crippen LogP contribution in [0.2, 0.25) is 5.02 Å². The Hall–Kier alpha value is -3.78. The Balaban J connectivity index is 1.63. The van der Waals surface area contributed by atoms with Gasteiger partial charge in [0.25, 0.3) is 5.56 Å². The normalized spacial score (nSPS) is 11.1. The summed E-state index contributed by atoms with van der Waals surface area (Å²) < 4.78 is 6.68. The monoisotopic (exact) mass is 524 g/mol. The maximum absolute atomic E-state index is 13.0. The summed E-state index contributed by atoms with van der Waals surface area (Å²) in [6.45, 7) is 8.06. The van der Waals surface area contributed by atoms with E-state index in [-0.39, 0.29) is 31.0 Å². The Bertz CT molecular complexity index is 1300. The second-order valence-corrected chi connectivity index (χ2v) is 10.1. The second-order valence-electron chi connectivity index (χ2n) is 9.69. The Labute approximate surface area is 222 Å². The van der Waals surface area contributed by atoms with E-state index >= 15 is 0 Å². The topological polar surface area (TPSA) is 101 Å². The summed E-state index contributed by atoms with van der Waals surface area (Å²) in [6, 6.07) is 16.8. The van der Waals surface area contributed by atoms with Crippen LogP contribution in [-0.2, 0) is 35.6 Å². The fourth-order valence-electron chi connectivity index (χ4n) is 3.61. The number of hydrogen-bond donors (Lipinski definition) is 3. The fraction of sp³-hybridized carbons (Fsp3) is 0.321. The van der Waals surface area contributed by atoms with Crippen LogP contribution in [0.5, 0.6) is 0 Å². The number of hydrogen-bond acceptors (Lipinski definition) is 5. The molecule has 8 nitrogen and oxygen atoms in total. The van der Waals surface area contributed by atoms with E-state index < -0.39 is 11.7 Å². The fourth-order valence-corrected chi connectivity index (χ4v) is 3.81. The third-order valence-electron chi connectivity index (χ3n) is 5.53. The van der Waals surface area contributed by atoms with Gasteiger partial charge >= 0.3 is 6.09 Å². The molecule has 0 aliphatic carbocycles. The van der Waals surface area contributed by atoms with Gasteiger partial charge in [-0.05, 0) is 68.1 Å². The van der Waals surface area contributed by atoms with Crippen LogP contribution in [0.15, 0.2) is 65.6 Å². The molecule has 9 heteroatoms. The van der Waals surface area contributed by atoms with Gasteiger partial charge in [-0.25, -0.2) is 9.47 Å². The number of alkyl carbamates (subject to hydrolysis) is 1. The van der Waals surface area contributed by atoms with E-state index in [2.05, 4.69) is 16.1 Å². The number of carbonyl (C=O) groups excluding carboxylic acids is 2. The number of amides is 2. The van der Waals surface area contributed by atoms with Gasteiger partial charge in [-0.3, -0.25) is 9.59 Å². The predicted molar refractivity (Wildman–Crippen MR) is 145 cm³/mol. The molecule has 37 heavy (non-hydrogen) atoms. The van der Waals surface area contributed by atoms with Crippen molar-refractivity contribution in [3.8, 4) is 0 Å². The van der Waals surface area contributed by atoms with Crippen molar-refractivity contribution >= 4 is 23.6 Å². The zero-order valence-corrected chi connectivity index (χ0v) is 22.3. The van der Waals surface area contributed by atoms with Crippen LogP contribution in [0.4, 0.5) is 4.79 Å². The van der Waals surface area contributed by atoms with Crippen molar-refractivity contribution in [2.75, 3.05) is 5.43 Å². The van der Waals surface area contributed by atoms with Crippen LogP contribution >= 0.6 is 11.6 Å². The molecule has 2 amide bonds. The molecule has 3 aromatic rings. The molecule has 3 N–H and O–H groups in total. The Morgan fingerprint density at radius 2 is 1.65 bits per heavy atom. The number of ether oxygens (including phenoxy) is 1. The van der Waals surface area contributed by atoms with Gasteiger partial charge in [-0.2, -0.15) is 0 Å². The third kappa shape index (κ3) is 8.68. The molecule has 0 aliphatic rings. The summed E-state index contributed by atoms with van der Waals surface area (Å²) in [6.07, 6.45) is 1.07. The van der Waals surface area contributed by atoms with Gasteiger partial charge in [0.1, 0.15) is 5.60 Å². The first-order valence-electron chi connectivity index (χ1n) is 12.0. The lowest BCUT2D eigenvalue weighted by molar-refractivity contribution is -0.120. The van der Waals surface area contributed by atoms with Crippen molar-refractivity contribution in [3.05, 3.63) is 104 Å². The molecule has 0 fully saturated rings. The highest BCUT2D eigenvalue weighted by molar-refractivity contribution is 6.30. The maximum atomic E-state index is 13.0. The number of aryl methyl sites for hydroxylation is 1. The molecule has 0 unspecified atom stereocenters. The first-order valence-corrected chi connectivity index (χ1v) is 12.4. The number of nitrogens with one attached hydrogen (secondary N) is 3. The van der Waals surface area contributed by atoms with Gasteiger partial charge in [0, 0.05) is 29.9 Å². The molecule has 1 aromatic heterocycles. The Morgan fingerprint density at radius 1 is 0.946 bits per heavy atom. The van der Waals surface area contributed by atoms with Crippen molar-refractivity contribution in [2.24, 2.45) is 0 Å². The van der Waals surface area contributed by atoms with Gasteiger partial charge < -0.3 is 20.8 Å². The van der Waals surface area contributed by atoms with E-state index in [1.807, 2.05) is 37.3 Å². The van der Waals surface area contributed by atoms with Gasteiger partial charge in [-0.15, -0.1) is 0 Å². The lowest BCUT2D eigenvalue weighted by Crippen LogP contribution is -2.34. The van der Waals surface area contributed by atoms with Crippen LogP contribution in [0.1, 0.15) is 48.6 Å². The number of aromatic nitrogens is 1. The highest BCUT2D eigenvalue weighted by atomic mass is 35.5. The minimum atomic E-state index is -0.605. The summed E-state index contributed by atoms with van der Waals surface area (Å²) in [5, 5.41) is 6.09. The summed E-state index contributed by atoms with van der Waals surface area (Å²) in [5.74, 6) is -0.299. The van der Waals surface area contributed by atoms with Crippen molar-refractivity contribution in [1.29, 1.82) is 0 Å².